The van der Waals surface area contributed by atoms with Crippen molar-refractivity contribution in [2.24, 2.45) is 0 Å². The predicted octanol–water partition coefficient (Wildman–Crippen LogP) is 2.74. The Hall–Kier alpha value is -3.15. The number of aryl methyl sites for hydroxylation is 1. The molecule has 144 valence electrons. The van der Waals surface area contributed by atoms with E-state index in [1.807, 2.05) is 49.4 Å². The highest BCUT2D eigenvalue weighted by Crippen LogP contribution is 2.26. The molecule has 2 heterocycles. The molecule has 1 saturated heterocycles. The minimum atomic E-state index is -0.620. The molecule has 0 N–H and O–H groups in total. The molecule has 0 radical (unpaired) electrons. The number of imide groups is 1. The minimum absolute atomic E-state index is 0.200. The van der Waals surface area contributed by atoms with Crippen molar-refractivity contribution in [1.29, 1.82) is 0 Å². The van der Waals surface area contributed by atoms with E-state index >= 15 is 0 Å². The molecule has 0 saturated carbocycles. The summed E-state index contributed by atoms with van der Waals surface area (Å²) in [5, 5.41) is 0. The molecule has 0 aromatic heterocycles. The molecular formula is C22H23N3O3. The fraction of sp³-hybridized carbons (Fsp3) is 0.318. The zero-order valence-electron chi connectivity index (χ0n) is 16.1. The molecule has 4 rings (SSSR count). The molecule has 1 fully saturated rings. The van der Waals surface area contributed by atoms with E-state index in [1.165, 1.54) is 10.5 Å². The lowest BCUT2D eigenvalue weighted by atomic mass is 10.00. The van der Waals surface area contributed by atoms with Gasteiger partial charge in [0, 0.05) is 18.8 Å². The quantitative estimate of drug-likeness (QED) is 0.773. The van der Waals surface area contributed by atoms with Gasteiger partial charge in [0.25, 0.3) is 5.91 Å². The number of urea groups is 1. The van der Waals surface area contributed by atoms with E-state index in [9.17, 15) is 14.4 Å². The number of benzene rings is 2. The molecule has 4 amide bonds. The van der Waals surface area contributed by atoms with Gasteiger partial charge in [-0.25, -0.2) is 4.79 Å². The number of nitrogens with zero attached hydrogens (tertiary/aromatic N) is 3. The van der Waals surface area contributed by atoms with Gasteiger partial charge in [-0.2, -0.15) is 0 Å². The van der Waals surface area contributed by atoms with E-state index in [0.717, 1.165) is 22.4 Å². The second kappa shape index (κ2) is 7.11. The first-order chi connectivity index (χ1) is 13.5. The van der Waals surface area contributed by atoms with Crippen molar-refractivity contribution in [2.45, 2.75) is 32.9 Å². The van der Waals surface area contributed by atoms with E-state index in [1.54, 1.807) is 11.8 Å². The zero-order chi connectivity index (χ0) is 19.8. The molecule has 0 spiro atoms. The van der Waals surface area contributed by atoms with E-state index in [4.69, 9.17) is 0 Å². The van der Waals surface area contributed by atoms with Crippen LogP contribution in [0.3, 0.4) is 0 Å². The van der Waals surface area contributed by atoms with Crippen molar-refractivity contribution in [3.63, 3.8) is 0 Å². The van der Waals surface area contributed by atoms with Crippen molar-refractivity contribution in [2.75, 3.05) is 18.0 Å². The minimum Gasteiger partial charge on any atom is -0.336 e. The number of hydrogen-bond donors (Lipinski definition) is 0. The van der Waals surface area contributed by atoms with Gasteiger partial charge in [0.15, 0.2) is 0 Å². The fourth-order valence-corrected chi connectivity index (χ4v) is 3.85. The number of amides is 4. The highest BCUT2D eigenvalue weighted by molar-refractivity contribution is 6.15. The smallest absolute Gasteiger partial charge is 0.332 e. The molecule has 0 aliphatic carbocycles. The van der Waals surface area contributed by atoms with Gasteiger partial charge in [-0.1, -0.05) is 42.0 Å². The Morgan fingerprint density at radius 1 is 1.04 bits per heavy atom. The number of anilines is 1. The molecule has 6 heteroatoms. The fourth-order valence-electron chi connectivity index (χ4n) is 3.85. The summed E-state index contributed by atoms with van der Waals surface area (Å²) in [6.45, 7) is 4.56. The summed E-state index contributed by atoms with van der Waals surface area (Å²) in [5.41, 5.74) is 4.11. The summed E-state index contributed by atoms with van der Waals surface area (Å²) >= 11 is 0. The lowest BCUT2D eigenvalue weighted by molar-refractivity contribution is -0.137. The highest BCUT2D eigenvalue weighted by Gasteiger charge is 2.44. The number of carbonyl (C=O) groups excluding carboxylic acids is 3. The van der Waals surface area contributed by atoms with Gasteiger partial charge in [0.2, 0.25) is 5.91 Å². The van der Waals surface area contributed by atoms with Gasteiger partial charge in [0.1, 0.15) is 12.6 Å². The highest BCUT2D eigenvalue weighted by atomic mass is 16.2. The summed E-state index contributed by atoms with van der Waals surface area (Å²) in [7, 11) is 0. The van der Waals surface area contributed by atoms with Gasteiger partial charge in [0.05, 0.1) is 0 Å². The zero-order valence-corrected chi connectivity index (χ0v) is 16.1. The molecule has 2 aromatic carbocycles. The topological polar surface area (TPSA) is 60.9 Å². The number of hydrogen-bond acceptors (Lipinski definition) is 3. The number of rotatable bonds is 3. The normalized spacial score (nSPS) is 19.2. The maximum atomic E-state index is 12.9. The standard InChI is InChI=1S/C22H23N3O3/c1-15-7-9-19(10-8-15)25-16(2)21(27)24(22(25)28)14-20(26)23-12-11-17-5-3-4-6-18(17)13-23/h3-10,16H,11-14H2,1-2H3/t16-/m1/s1. The molecule has 1 atom stereocenters. The van der Waals surface area contributed by atoms with Crippen molar-refractivity contribution < 1.29 is 14.4 Å². The Bertz CT molecular complexity index is 938. The third kappa shape index (κ3) is 3.15. The van der Waals surface area contributed by atoms with Gasteiger partial charge in [-0.3, -0.25) is 19.4 Å². The summed E-state index contributed by atoms with van der Waals surface area (Å²) in [5.74, 6) is -0.537. The Morgan fingerprint density at radius 2 is 1.71 bits per heavy atom. The van der Waals surface area contributed by atoms with Crippen LogP contribution in [0, 0.1) is 6.92 Å². The predicted molar refractivity (Wildman–Crippen MR) is 106 cm³/mol. The number of fused-ring (bicyclic) bond motifs is 1. The van der Waals surface area contributed by atoms with Crippen molar-refractivity contribution in [3.05, 3.63) is 65.2 Å². The Labute approximate surface area is 164 Å². The van der Waals surface area contributed by atoms with Crippen LogP contribution in [0.5, 0.6) is 0 Å². The van der Waals surface area contributed by atoms with Crippen molar-refractivity contribution in [3.8, 4) is 0 Å². The molecule has 6 nitrogen and oxygen atoms in total. The maximum Gasteiger partial charge on any atom is 0.332 e. The van der Waals surface area contributed by atoms with Crippen LogP contribution < -0.4 is 4.90 Å². The average Bonchev–Trinajstić information content (AvgIpc) is 2.91. The van der Waals surface area contributed by atoms with Gasteiger partial charge >= 0.3 is 6.03 Å². The number of carbonyl (C=O) groups is 3. The van der Waals surface area contributed by atoms with Gasteiger partial charge in [-0.05, 0) is 43.5 Å². The Morgan fingerprint density at radius 3 is 2.43 bits per heavy atom. The second-order valence-corrected chi connectivity index (χ2v) is 7.42. The van der Waals surface area contributed by atoms with Crippen molar-refractivity contribution in [1.82, 2.24) is 9.80 Å². The monoisotopic (exact) mass is 377 g/mol. The second-order valence-electron chi connectivity index (χ2n) is 7.42. The molecule has 2 aromatic rings. The summed E-state index contributed by atoms with van der Waals surface area (Å²) in [6.07, 6.45) is 0.787. The molecule has 28 heavy (non-hydrogen) atoms. The lowest BCUT2D eigenvalue weighted by Gasteiger charge is -2.30. The molecule has 2 aliphatic heterocycles. The van der Waals surface area contributed by atoms with Crippen LogP contribution >= 0.6 is 0 Å². The summed E-state index contributed by atoms with van der Waals surface area (Å²) < 4.78 is 0. The third-order valence-corrected chi connectivity index (χ3v) is 5.54. The SMILES string of the molecule is Cc1ccc(N2C(=O)N(CC(=O)N3CCc4ccccc4C3)C(=O)[C@H]2C)cc1. The average molecular weight is 377 g/mol. The molecule has 2 aliphatic rings. The van der Waals surface area contributed by atoms with E-state index in [0.29, 0.717) is 18.8 Å². The first-order valence-corrected chi connectivity index (χ1v) is 9.51. The van der Waals surface area contributed by atoms with Gasteiger partial charge < -0.3 is 4.90 Å². The van der Waals surface area contributed by atoms with Crippen LogP contribution in [-0.2, 0) is 22.6 Å². The van der Waals surface area contributed by atoms with Crippen LogP contribution in [-0.4, -0.2) is 46.8 Å². The van der Waals surface area contributed by atoms with Crippen LogP contribution in [0.25, 0.3) is 0 Å². The first kappa shape index (κ1) is 18.2. The van der Waals surface area contributed by atoms with Crippen LogP contribution in [0.15, 0.2) is 48.5 Å². The van der Waals surface area contributed by atoms with Gasteiger partial charge in [-0.15, -0.1) is 0 Å². The Balaban J connectivity index is 1.49. The Kier molecular flexibility index (Phi) is 4.63. The van der Waals surface area contributed by atoms with E-state index in [-0.39, 0.29) is 18.4 Å². The summed E-state index contributed by atoms with van der Waals surface area (Å²) in [6, 6.07) is 14.4. The molecule has 0 bridgehead atoms. The summed E-state index contributed by atoms with van der Waals surface area (Å²) in [4.78, 5) is 42.6. The van der Waals surface area contributed by atoms with Crippen LogP contribution in [0.1, 0.15) is 23.6 Å². The van der Waals surface area contributed by atoms with Crippen molar-refractivity contribution >= 4 is 23.5 Å². The van der Waals surface area contributed by atoms with E-state index < -0.39 is 12.1 Å². The largest absolute Gasteiger partial charge is 0.336 e. The molecule has 0 unspecified atom stereocenters. The lowest BCUT2D eigenvalue weighted by Crippen LogP contribution is -2.45. The van der Waals surface area contributed by atoms with Crippen LogP contribution in [0.2, 0.25) is 0 Å². The first-order valence-electron chi connectivity index (χ1n) is 9.51. The molecular weight excluding hydrogens is 354 g/mol. The van der Waals surface area contributed by atoms with Crippen LogP contribution in [0.4, 0.5) is 10.5 Å². The third-order valence-electron chi connectivity index (χ3n) is 5.54. The van der Waals surface area contributed by atoms with E-state index in [2.05, 4.69) is 6.07 Å². The maximum absolute atomic E-state index is 12.9.